The monoisotopic (exact) mass is 515 g/mol. The van der Waals surface area contributed by atoms with Gasteiger partial charge in [-0.3, -0.25) is 9.97 Å². The highest BCUT2D eigenvalue weighted by Crippen LogP contribution is 2.39. The average molecular weight is 516 g/mol. The number of aromatic nitrogens is 2. The number of hydrogen-bond donors (Lipinski definition) is 2. The highest BCUT2D eigenvalue weighted by Gasteiger charge is 2.20. The molecule has 1 aliphatic heterocycles. The largest absolute Gasteiger partial charge is 0.493 e. The molecule has 5 rings (SSSR count). The number of pyridine rings is 2. The van der Waals surface area contributed by atoms with Gasteiger partial charge in [0.1, 0.15) is 18.4 Å². The lowest BCUT2D eigenvalue weighted by Crippen LogP contribution is -2.45. The van der Waals surface area contributed by atoms with Gasteiger partial charge in [0.25, 0.3) is 0 Å². The smallest absolute Gasteiger partial charge is 0.163 e. The van der Waals surface area contributed by atoms with E-state index in [9.17, 15) is 5.26 Å². The fourth-order valence-corrected chi connectivity index (χ4v) is 4.23. The molecule has 0 saturated carbocycles. The number of halogens is 1. The lowest BCUT2D eigenvalue weighted by molar-refractivity contribution is 0.193. The van der Waals surface area contributed by atoms with E-state index in [4.69, 9.17) is 25.8 Å². The van der Waals surface area contributed by atoms with Gasteiger partial charge in [-0.2, -0.15) is 5.26 Å². The van der Waals surface area contributed by atoms with Crippen molar-refractivity contribution in [3.63, 3.8) is 0 Å². The first kappa shape index (κ1) is 24.6. The lowest BCUT2D eigenvalue weighted by Gasteiger charge is -2.27. The van der Waals surface area contributed by atoms with E-state index in [0.29, 0.717) is 63.9 Å². The Hall–Kier alpha value is -4.06. The number of fused-ring (bicyclic) bond motifs is 1. The number of aryl methyl sites for hydroxylation is 1. The topological polar surface area (TPSA) is 101 Å². The Morgan fingerprint density at radius 1 is 1.14 bits per heavy atom. The SMILES string of the molecule is COc1cc2c(Nc3ccc(OCc4ncccc4C)cc3Cl)c(C#N)cnc2cc1OCC1CNC1. The number of nitrogens with one attached hydrogen (secondary N) is 2. The molecule has 4 aromatic rings. The molecule has 0 unspecified atom stereocenters. The Bertz CT molecular complexity index is 1480. The number of benzene rings is 2. The van der Waals surface area contributed by atoms with Gasteiger partial charge in [-0.05, 0) is 36.8 Å². The van der Waals surface area contributed by atoms with Crippen molar-refractivity contribution in [3.05, 3.63) is 76.7 Å². The van der Waals surface area contributed by atoms with Gasteiger partial charge in [0, 0.05) is 48.9 Å². The third-order valence-electron chi connectivity index (χ3n) is 6.31. The molecule has 3 heterocycles. The molecule has 8 nitrogen and oxygen atoms in total. The molecule has 1 aliphatic rings. The molecule has 0 amide bonds. The summed E-state index contributed by atoms with van der Waals surface area (Å²) in [6.07, 6.45) is 3.28. The van der Waals surface area contributed by atoms with Crippen LogP contribution in [-0.2, 0) is 6.61 Å². The van der Waals surface area contributed by atoms with Crippen molar-refractivity contribution < 1.29 is 14.2 Å². The van der Waals surface area contributed by atoms with E-state index in [0.717, 1.165) is 29.7 Å². The predicted molar refractivity (Wildman–Crippen MR) is 143 cm³/mol. The molecule has 9 heteroatoms. The third-order valence-corrected chi connectivity index (χ3v) is 6.62. The molecule has 2 aromatic heterocycles. The zero-order chi connectivity index (χ0) is 25.8. The predicted octanol–water partition coefficient (Wildman–Crippen LogP) is 5.39. The van der Waals surface area contributed by atoms with Gasteiger partial charge in [-0.1, -0.05) is 17.7 Å². The fraction of sp³-hybridized carbons (Fsp3) is 0.250. The molecule has 0 atom stereocenters. The molecule has 2 N–H and O–H groups in total. The highest BCUT2D eigenvalue weighted by atomic mass is 35.5. The Morgan fingerprint density at radius 2 is 2.00 bits per heavy atom. The first-order valence-electron chi connectivity index (χ1n) is 11.9. The summed E-state index contributed by atoms with van der Waals surface area (Å²) in [6.45, 7) is 4.82. The van der Waals surface area contributed by atoms with Gasteiger partial charge >= 0.3 is 0 Å². The van der Waals surface area contributed by atoms with Crippen molar-refractivity contribution in [1.82, 2.24) is 15.3 Å². The van der Waals surface area contributed by atoms with Crippen LogP contribution in [0.15, 0.2) is 54.9 Å². The molecule has 0 aliphatic carbocycles. The van der Waals surface area contributed by atoms with Crippen molar-refractivity contribution >= 4 is 33.9 Å². The number of ether oxygens (including phenoxy) is 3. The minimum atomic E-state index is 0.338. The summed E-state index contributed by atoms with van der Waals surface area (Å²) >= 11 is 6.61. The van der Waals surface area contributed by atoms with Gasteiger partial charge in [0.2, 0.25) is 0 Å². The number of nitrogens with zero attached hydrogens (tertiary/aromatic N) is 3. The molecule has 1 fully saturated rings. The zero-order valence-electron chi connectivity index (χ0n) is 20.5. The molecule has 2 aromatic carbocycles. The summed E-state index contributed by atoms with van der Waals surface area (Å²) in [5.41, 5.74) is 4.19. The van der Waals surface area contributed by atoms with Crippen molar-refractivity contribution in [2.24, 2.45) is 5.92 Å². The molecule has 0 bridgehead atoms. The maximum Gasteiger partial charge on any atom is 0.163 e. The Labute approximate surface area is 220 Å². The summed E-state index contributed by atoms with van der Waals surface area (Å²) in [4.78, 5) is 8.83. The number of rotatable bonds is 9. The van der Waals surface area contributed by atoms with Gasteiger partial charge in [0.15, 0.2) is 11.5 Å². The van der Waals surface area contributed by atoms with Crippen LogP contribution in [0.1, 0.15) is 16.8 Å². The number of methoxy groups -OCH3 is 1. The zero-order valence-corrected chi connectivity index (χ0v) is 21.3. The second-order valence-electron chi connectivity index (χ2n) is 8.84. The molecular weight excluding hydrogens is 490 g/mol. The maximum atomic E-state index is 9.78. The summed E-state index contributed by atoms with van der Waals surface area (Å²) < 4.78 is 17.5. The van der Waals surface area contributed by atoms with Gasteiger partial charge < -0.3 is 24.8 Å². The van der Waals surface area contributed by atoms with E-state index < -0.39 is 0 Å². The van der Waals surface area contributed by atoms with Crippen LogP contribution in [0, 0.1) is 24.2 Å². The minimum absolute atomic E-state index is 0.338. The standard InChI is InChI=1S/C28H26ClN5O3/c1-17-4-3-7-32-25(17)16-36-20-5-6-23(22(29)8-20)34-28-19(11-30)14-33-24-10-27(26(35-2)9-21(24)28)37-15-18-12-31-13-18/h3-10,14,18,31H,12-13,15-16H2,1-2H3,(H,33,34). The maximum absolute atomic E-state index is 9.78. The van der Waals surface area contributed by atoms with E-state index in [1.54, 1.807) is 19.4 Å². The summed E-state index contributed by atoms with van der Waals surface area (Å²) in [6, 6.07) is 15.1. The van der Waals surface area contributed by atoms with E-state index >= 15 is 0 Å². The van der Waals surface area contributed by atoms with Crippen LogP contribution < -0.4 is 24.8 Å². The van der Waals surface area contributed by atoms with Crippen LogP contribution in [0.25, 0.3) is 10.9 Å². The quantitative estimate of drug-likeness (QED) is 0.306. The molecular formula is C28H26ClN5O3. The van der Waals surface area contributed by atoms with Crippen LogP contribution in [0.3, 0.4) is 0 Å². The molecule has 0 radical (unpaired) electrons. The third kappa shape index (κ3) is 5.38. The number of hydrogen-bond acceptors (Lipinski definition) is 8. The fourth-order valence-electron chi connectivity index (χ4n) is 4.01. The van der Waals surface area contributed by atoms with E-state index in [1.807, 2.05) is 43.3 Å². The van der Waals surface area contributed by atoms with E-state index in [2.05, 4.69) is 26.7 Å². The molecule has 37 heavy (non-hydrogen) atoms. The number of nitriles is 1. The molecule has 1 saturated heterocycles. The van der Waals surface area contributed by atoms with Crippen molar-refractivity contribution in [1.29, 1.82) is 5.26 Å². The van der Waals surface area contributed by atoms with Crippen LogP contribution in [0.5, 0.6) is 17.2 Å². The second-order valence-corrected chi connectivity index (χ2v) is 9.24. The van der Waals surface area contributed by atoms with Crippen molar-refractivity contribution in [3.8, 4) is 23.3 Å². The summed E-state index contributed by atoms with van der Waals surface area (Å²) in [5, 5.41) is 17.5. The van der Waals surface area contributed by atoms with Crippen LogP contribution >= 0.6 is 11.6 Å². The highest BCUT2D eigenvalue weighted by molar-refractivity contribution is 6.33. The Morgan fingerprint density at radius 3 is 2.70 bits per heavy atom. The van der Waals surface area contributed by atoms with E-state index in [1.165, 1.54) is 6.20 Å². The first-order chi connectivity index (χ1) is 18.1. The average Bonchev–Trinajstić information content (AvgIpc) is 2.88. The Kier molecular flexibility index (Phi) is 7.26. The number of anilines is 2. The summed E-state index contributed by atoms with van der Waals surface area (Å²) in [5.74, 6) is 2.28. The van der Waals surface area contributed by atoms with Gasteiger partial charge in [0.05, 0.1) is 46.9 Å². The van der Waals surface area contributed by atoms with Crippen molar-refractivity contribution in [2.75, 3.05) is 32.1 Å². The van der Waals surface area contributed by atoms with Gasteiger partial charge in [-0.25, -0.2) is 0 Å². The normalized spacial score (nSPS) is 13.0. The molecule has 0 spiro atoms. The van der Waals surface area contributed by atoms with Crippen LogP contribution in [0.4, 0.5) is 11.4 Å². The Balaban J connectivity index is 1.41. The van der Waals surface area contributed by atoms with Crippen LogP contribution in [-0.4, -0.2) is 36.8 Å². The second kappa shape index (κ2) is 10.9. The van der Waals surface area contributed by atoms with Crippen LogP contribution in [0.2, 0.25) is 5.02 Å². The van der Waals surface area contributed by atoms with Crippen molar-refractivity contribution in [2.45, 2.75) is 13.5 Å². The lowest BCUT2D eigenvalue weighted by atomic mass is 10.1. The minimum Gasteiger partial charge on any atom is -0.493 e. The summed E-state index contributed by atoms with van der Waals surface area (Å²) in [7, 11) is 1.59. The van der Waals surface area contributed by atoms with E-state index in [-0.39, 0.29) is 0 Å². The van der Waals surface area contributed by atoms with Gasteiger partial charge in [-0.15, -0.1) is 0 Å². The first-order valence-corrected chi connectivity index (χ1v) is 12.3. The molecule has 188 valence electrons.